The number of allylic oxidation sites excluding steroid dienone is 1. The molecule has 0 N–H and O–H groups in total. The highest BCUT2D eigenvalue weighted by Crippen LogP contribution is 1.85. The van der Waals surface area contributed by atoms with Crippen molar-refractivity contribution in [2.75, 3.05) is 0 Å². The van der Waals surface area contributed by atoms with Crippen LogP contribution in [0.1, 0.15) is 20.8 Å². The van der Waals surface area contributed by atoms with Gasteiger partial charge in [0.15, 0.2) is 0 Å². The number of hydrogen-bond donors (Lipinski definition) is 0. The lowest BCUT2D eigenvalue weighted by molar-refractivity contribution is -0.131. The maximum Gasteiger partial charge on any atom is 0.347 e. The summed E-state index contributed by atoms with van der Waals surface area (Å²) >= 11 is 0. The zero-order valence-corrected chi connectivity index (χ0v) is 6.89. The van der Waals surface area contributed by atoms with Crippen molar-refractivity contribution in [1.29, 1.82) is 0 Å². The topological polar surface area (TPSA) is 26.3 Å². The Hall–Kier alpha value is -0.573. The van der Waals surface area contributed by atoms with Crippen LogP contribution in [-0.2, 0) is 9.22 Å². The summed E-state index contributed by atoms with van der Waals surface area (Å²) in [5.74, 6) is -0.217. The molecular formula is C6H10O2Si. The van der Waals surface area contributed by atoms with Crippen molar-refractivity contribution in [2.24, 2.45) is 0 Å². The third kappa shape index (κ3) is 7.43. The molecule has 0 fully saturated rings. The smallest absolute Gasteiger partial charge is 0.347 e. The van der Waals surface area contributed by atoms with E-state index in [0.29, 0.717) is 0 Å². The normalized spacial score (nSPS) is 8.33. The summed E-state index contributed by atoms with van der Waals surface area (Å²) in [5.41, 5.74) is 3.07. The fourth-order valence-corrected chi connectivity index (χ4v) is 0.691. The highest BCUT2D eigenvalue weighted by atomic mass is 28.2. The highest BCUT2D eigenvalue weighted by Gasteiger charge is 1.89. The molecule has 0 aliphatic heterocycles. The molecule has 3 heteroatoms. The van der Waals surface area contributed by atoms with E-state index in [-0.39, 0.29) is 15.7 Å². The van der Waals surface area contributed by atoms with Gasteiger partial charge >= 0.3 is 9.76 Å². The van der Waals surface area contributed by atoms with E-state index in [1.165, 1.54) is 12.5 Å². The van der Waals surface area contributed by atoms with Crippen LogP contribution in [-0.4, -0.2) is 15.7 Å². The molecule has 0 aromatic rings. The minimum Gasteiger partial charge on any atom is -0.512 e. The number of carbonyl (C=O) groups excluding carboxylic acids is 1. The third-order valence-electron chi connectivity index (χ3n) is 0.550. The Morgan fingerprint density at radius 2 is 2.00 bits per heavy atom. The predicted octanol–water partition coefficient (Wildman–Crippen LogP) is 1.09. The fraction of sp³-hybridized carbons (Fsp3) is 0.500. The van der Waals surface area contributed by atoms with Crippen LogP contribution in [0, 0.1) is 0 Å². The lowest BCUT2D eigenvalue weighted by atomic mass is 10.4. The number of carbonyl (C=O) groups is 1. The summed E-state index contributed by atoms with van der Waals surface area (Å²) in [6.07, 6.45) is 0. The van der Waals surface area contributed by atoms with Crippen molar-refractivity contribution in [3.05, 3.63) is 11.3 Å². The molecule has 0 heterocycles. The van der Waals surface area contributed by atoms with Gasteiger partial charge in [0.1, 0.15) is 0 Å². The Labute approximate surface area is 57.8 Å². The largest absolute Gasteiger partial charge is 0.512 e. The van der Waals surface area contributed by atoms with Crippen LogP contribution < -0.4 is 0 Å². The molecule has 0 saturated carbocycles. The zero-order valence-electron chi connectivity index (χ0n) is 5.89. The average Bonchev–Trinajstić information content (AvgIpc) is 1.63. The van der Waals surface area contributed by atoms with E-state index < -0.39 is 0 Å². The van der Waals surface area contributed by atoms with Crippen LogP contribution in [0.2, 0.25) is 0 Å². The number of hydrogen-bond acceptors (Lipinski definition) is 2. The summed E-state index contributed by atoms with van der Waals surface area (Å²) in [6, 6.07) is 0. The molecule has 0 rings (SSSR count). The highest BCUT2D eigenvalue weighted by molar-refractivity contribution is 6.37. The first-order valence-electron chi connectivity index (χ1n) is 2.69. The molecule has 50 valence electrons. The Kier molecular flexibility index (Phi) is 4.04. The van der Waals surface area contributed by atoms with Crippen molar-refractivity contribution in [3.8, 4) is 0 Å². The first-order valence-corrected chi connectivity index (χ1v) is 3.68. The molecule has 2 nitrogen and oxygen atoms in total. The summed E-state index contributed by atoms with van der Waals surface area (Å²) in [4.78, 5) is 10.2. The van der Waals surface area contributed by atoms with Crippen LogP contribution in [0.5, 0.6) is 0 Å². The monoisotopic (exact) mass is 142 g/mol. The second kappa shape index (κ2) is 4.32. The lowest BCUT2D eigenvalue weighted by Gasteiger charge is -1.92. The Morgan fingerprint density at radius 3 is 2.33 bits per heavy atom. The maximum atomic E-state index is 10.2. The molecule has 0 saturated heterocycles. The summed E-state index contributed by atoms with van der Waals surface area (Å²) < 4.78 is 4.67. The van der Waals surface area contributed by atoms with Crippen molar-refractivity contribution < 1.29 is 9.22 Å². The van der Waals surface area contributed by atoms with E-state index in [2.05, 4.69) is 4.43 Å². The molecule has 0 aromatic heterocycles. The van der Waals surface area contributed by atoms with Gasteiger partial charge in [-0.25, -0.2) is 0 Å². The van der Waals surface area contributed by atoms with E-state index >= 15 is 0 Å². The third-order valence-corrected chi connectivity index (χ3v) is 1.65. The van der Waals surface area contributed by atoms with E-state index in [4.69, 9.17) is 0 Å². The Balaban J connectivity index is 3.31. The first-order chi connectivity index (χ1) is 4.13. The van der Waals surface area contributed by atoms with Crippen LogP contribution in [0.25, 0.3) is 0 Å². The summed E-state index contributed by atoms with van der Waals surface area (Å²) in [6.45, 7) is 5.35. The van der Waals surface area contributed by atoms with E-state index in [1.807, 2.05) is 19.5 Å². The second-order valence-electron chi connectivity index (χ2n) is 1.93. The van der Waals surface area contributed by atoms with Crippen LogP contribution in [0.15, 0.2) is 11.3 Å². The molecular weight excluding hydrogens is 132 g/mol. The van der Waals surface area contributed by atoms with Crippen LogP contribution >= 0.6 is 0 Å². The lowest BCUT2D eigenvalue weighted by Crippen LogP contribution is -2.01. The van der Waals surface area contributed by atoms with Crippen LogP contribution in [0.4, 0.5) is 0 Å². The Bertz CT molecular complexity index is 125. The molecule has 0 spiro atoms. The average molecular weight is 142 g/mol. The van der Waals surface area contributed by atoms with Gasteiger partial charge in [-0.3, -0.25) is 4.79 Å². The number of rotatable bonds is 2. The molecule has 0 aliphatic rings. The van der Waals surface area contributed by atoms with Gasteiger partial charge in [-0.05, 0) is 13.8 Å². The predicted molar refractivity (Wildman–Crippen MR) is 37.0 cm³/mol. The standard InChI is InChI=1S/C6H10O2Si/c1-5(2)4-9-8-6(3)7/h4H,1-3H3. The van der Waals surface area contributed by atoms with Gasteiger partial charge in [0.25, 0.3) is 5.97 Å². The first kappa shape index (κ1) is 8.43. The molecule has 0 bridgehead atoms. The molecule has 0 amide bonds. The molecule has 0 aliphatic carbocycles. The SMILES string of the molecule is CC(=O)O[Si]C=C(C)C. The maximum absolute atomic E-state index is 10.2. The zero-order chi connectivity index (χ0) is 7.28. The van der Waals surface area contributed by atoms with Gasteiger partial charge in [0.05, 0.1) is 0 Å². The van der Waals surface area contributed by atoms with E-state index in [9.17, 15) is 4.79 Å². The van der Waals surface area contributed by atoms with Gasteiger partial charge < -0.3 is 4.43 Å². The van der Waals surface area contributed by atoms with Crippen molar-refractivity contribution in [2.45, 2.75) is 20.8 Å². The molecule has 0 atom stereocenters. The second-order valence-corrected chi connectivity index (χ2v) is 2.66. The molecule has 0 unspecified atom stereocenters. The van der Waals surface area contributed by atoms with Gasteiger partial charge in [0, 0.05) is 6.92 Å². The minimum absolute atomic E-state index is 0.181. The minimum atomic E-state index is -0.217. The van der Waals surface area contributed by atoms with Gasteiger partial charge in [-0.2, -0.15) is 0 Å². The quantitative estimate of drug-likeness (QED) is 0.539. The fourth-order valence-electron chi connectivity index (χ4n) is 0.230. The van der Waals surface area contributed by atoms with Crippen molar-refractivity contribution in [3.63, 3.8) is 0 Å². The van der Waals surface area contributed by atoms with E-state index in [0.717, 1.165) is 0 Å². The van der Waals surface area contributed by atoms with Gasteiger partial charge in [-0.1, -0.05) is 11.3 Å². The van der Waals surface area contributed by atoms with Gasteiger partial charge in [-0.15, -0.1) is 0 Å². The van der Waals surface area contributed by atoms with Crippen molar-refractivity contribution in [1.82, 2.24) is 0 Å². The molecule has 0 aromatic carbocycles. The summed E-state index contributed by atoms with van der Waals surface area (Å²) in [5, 5.41) is 0. The Morgan fingerprint density at radius 1 is 1.44 bits per heavy atom. The summed E-state index contributed by atoms with van der Waals surface area (Å²) in [7, 11) is 0.181. The van der Waals surface area contributed by atoms with Crippen LogP contribution in [0.3, 0.4) is 0 Å². The molecule has 9 heavy (non-hydrogen) atoms. The van der Waals surface area contributed by atoms with Crippen molar-refractivity contribution >= 4 is 15.7 Å². The van der Waals surface area contributed by atoms with E-state index in [1.54, 1.807) is 0 Å². The van der Waals surface area contributed by atoms with Gasteiger partial charge in [0.2, 0.25) is 0 Å². The molecule has 2 radical (unpaired) electrons.